The lowest BCUT2D eigenvalue weighted by molar-refractivity contribution is 0.0683. The number of fused-ring (bicyclic) bond motifs is 4. The number of aromatic amines is 1. The highest BCUT2D eigenvalue weighted by Crippen LogP contribution is 2.32. The highest BCUT2D eigenvalue weighted by atomic mass is 35.5. The quantitative estimate of drug-likeness (QED) is 0.270. The van der Waals surface area contributed by atoms with E-state index in [9.17, 15) is 19.2 Å². The van der Waals surface area contributed by atoms with Crippen molar-refractivity contribution in [3.05, 3.63) is 82.0 Å². The van der Waals surface area contributed by atoms with Gasteiger partial charge in [0.05, 0.1) is 5.39 Å². The zero-order chi connectivity index (χ0) is 27.0. The Morgan fingerprint density at radius 2 is 1.79 bits per heavy atom. The summed E-state index contributed by atoms with van der Waals surface area (Å²) in [5, 5.41) is 9.54. The second kappa shape index (κ2) is 11.7. The molecule has 4 aromatic rings. The Hall–Kier alpha value is -3.54. The highest BCUT2D eigenvalue weighted by Gasteiger charge is 2.26. The van der Waals surface area contributed by atoms with Crippen LogP contribution in [0.3, 0.4) is 0 Å². The van der Waals surface area contributed by atoms with E-state index in [1.165, 1.54) is 34.6 Å². The van der Waals surface area contributed by atoms with Crippen LogP contribution in [0.4, 0.5) is 11.4 Å². The van der Waals surface area contributed by atoms with Gasteiger partial charge in [0.1, 0.15) is 16.2 Å². The standard InChI is InChI=1S/C14H15N3O2.C13H14N2O3S.ClH/c15-6-8-1-2-9-3-4-17(7-10(9)5-8)12-11(16)13(18)14(12)19;16-11-9-7-5-3-1-2-4-6-8(7)19-12(9)15-10(14-11)13(17)18;/h1-2,5H,3-4,6-7,15-16H2;1-6H2,(H,17,18)(H,14,15,16);1H. The normalized spacial score (nSPS) is 14.8. The number of carbonyl (C=O) groups is 1. The molecule has 0 spiro atoms. The van der Waals surface area contributed by atoms with Gasteiger partial charge < -0.3 is 26.5 Å². The average Bonchev–Trinajstić information content (AvgIpc) is 3.25. The van der Waals surface area contributed by atoms with Gasteiger partial charge in [-0.2, -0.15) is 0 Å². The predicted octanol–water partition coefficient (Wildman–Crippen LogP) is 2.65. The minimum Gasteiger partial charge on any atom is -0.475 e. The van der Waals surface area contributed by atoms with Crippen LogP contribution in [0.5, 0.6) is 0 Å². The lowest BCUT2D eigenvalue weighted by Crippen LogP contribution is -2.44. The number of halogens is 1. The number of aromatic nitrogens is 2. The monoisotopic (exact) mass is 571 g/mol. The Labute approximate surface area is 233 Å². The van der Waals surface area contributed by atoms with Crippen LogP contribution in [-0.2, 0) is 32.4 Å². The molecule has 0 bridgehead atoms. The van der Waals surface area contributed by atoms with Gasteiger partial charge in [-0.25, -0.2) is 9.78 Å². The van der Waals surface area contributed by atoms with Crippen LogP contribution >= 0.6 is 23.7 Å². The number of hydrogen-bond acceptors (Lipinski definition) is 9. The van der Waals surface area contributed by atoms with E-state index < -0.39 is 16.8 Å². The fraction of sp³-hybridized carbons (Fsp3) is 0.370. The zero-order valence-corrected chi connectivity index (χ0v) is 22.9. The third kappa shape index (κ3) is 5.47. The number of carboxylic acids is 1. The number of thiophene rings is 1. The largest absolute Gasteiger partial charge is 0.475 e. The number of benzene rings is 1. The molecule has 0 unspecified atom stereocenters. The van der Waals surface area contributed by atoms with Gasteiger partial charge in [0, 0.05) is 24.5 Å². The highest BCUT2D eigenvalue weighted by molar-refractivity contribution is 7.18. The van der Waals surface area contributed by atoms with Gasteiger partial charge in [-0.15, -0.1) is 23.7 Å². The number of hydrogen-bond donors (Lipinski definition) is 4. The van der Waals surface area contributed by atoms with E-state index in [0.717, 1.165) is 48.8 Å². The maximum absolute atomic E-state index is 12.1. The lowest BCUT2D eigenvalue weighted by Gasteiger charge is -2.31. The first-order chi connectivity index (χ1) is 18.3. The van der Waals surface area contributed by atoms with Crippen LogP contribution < -0.4 is 32.8 Å². The summed E-state index contributed by atoms with van der Waals surface area (Å²) in [7, 11) is 0. The molecule has 6 rings (SSSR count). The summed E-state index contributed by atoms with van der Waals surface area (Å²) in [6, 6.07) is 6.17. The van der Waals surface area contributed by atoms with Gasteiger partial charge in [-0.05, 0) is 54.4 Å². The second-order valence-corrected chi connectivity index (χ2v) is 10.8. The van der Waals surface area contributed by atoms with Gasteiger partial charge in [0.15, 0.2) is 0 Å². The topological polar surface area (TPSA) is 172 Å². The van der Waals surface area contributed by atoms with Crippen molar-refractivity contribution >= 4 is 51.3 Å². The number of nitrogen functional groups attached to an aromatic ring is 1. The zero-order valence-electron chi connectivity index (χ0n) is 21.2. The molecule has 6 N–H and O–H groups in total. The molecule has 12 heteroatoms. The number of carboxylic acid groups (broad SMARTS) is 1. The van der Waals surface area contributed by atoms with Gasteiger partial charge in [-0.1, -0.05) is 31.0 Å². The van der Waals surface area contributed by atoms with Crippen molar-refractivity contribution < 1.29 is 9.90 Å². The van der Waals surface area contributed by atoms with Crippen molar-refractivity contribution in [2.24, 2.45) is 5.73 Å². The number of rotatable bonds is 3. The van der Waals surface area contributed by atoms with E-state index in [-0.39, 0.29) is 29.5 Å². The van der Waals surface area contributed by atoms with Gasteiger partial charge in [0.2, 0.25) is 5.82 Å². The van der Waals surface area contributed by atoms with Crippen molar-refractivity contribution in [2.45, 2.75) is 58.0 Å². The summed E-state index contributed by atoms with van der Waals surface area (Å²) in [4.78, 5) is 55.8. The number of nitrogens with two attached hydrogens (primary N) is 2. The number of aromatic carboxylic acids is 1. The molecule has 0 fully saturated rings. The summed E-state index contributed by atoms with van der Waals surface area (Å²) in [6.45, 7) is 1.82. The Balaban J connectivity index is 0.000000176. The second-order valence-electron chi connectivity index (χ2n) is 9.72. The molecular weight excluding hydrogens is 542 g/mol. The number of H-pyrrole nitrogens is 1. The molecule has 1 aliphatic carbocycles. The SMILES string of the molecule is Cl.NCc1ccc2c(c1)CN(c1c(N)c(=O)c1=O)CC2.O=C(O)c1nc2sc3c(c2c(=O)[nH]1)CCCCCC3. The maximum atomic E-state index is 12.1. The molecule has 1 aliphatic heterocycles. The Kier molecular flexibility index (Phi) is 8.53. The molecule has 0 saturated carbocycles. The van der Waals surface area contributed by atoms with Crippen LogP contribution in [0.2, 0.25) is 0 Å². The first kappa shape index (κ1) is 28.5. The molecule has 0 atom stereocenters. The summed E-state index contributed by atoms with van der Waals surface area (Å²) < 4.78 is 0. The fourth-order valence-electron chi connectivity index (χ4n) is 5.26. The number of aryl methyl sites for hydroxylation is 2. The van der Waals surface area contributed by atoms with E-state index in [0.29, 0.717) is 35.5 Å². The average molecular weight is 572 g/mol. The van der Waals surface area contributed by atoms with E-state index in [2.05, 4.69) is 22.1 Å². The third-order valence-corrected chi connectivity index (χ3v) is 8.47. The number of nitrogens with zero attached hydrogens (tertiary/aromatic N) is 2. The molecule has 0 radical (unpaired) electrons. The van der Waals surface area contributed by atoms with Gasteiger partial charge in [-0.3, -0.25) is 14.4 Å². The Bertz CT molecular complexity index is 1670. The molecule has 10 nitrogen and oxygen atoms in total. The Morgan fingerprint density at radius 1 is 1.05 bits per heavy atom. The summed E-state index contributed by atoms with van der Waals surface area (Å²) in [6.07, 6.45) is 7.33. The molecule has 39 heavy (non-hydrogen) atoms. The predicted molar refractivity (Wildman–Crippen MR) is 155 cm³/mol. The molecular formula is C27H30ClN5O5S. The van der Waals surface area contributed by atoms with Crippen molar-refractivity contribution in [3.8, 4) is 0 Å². The minimum absolute atomic E-state index is 0. The van der Waals surface area contributed by atoms with Crippen molar-refractivity contribution in [2.75, 3.05) is 17.2 Å². The van der Waals surface area contributed by atoms with E-state index in [4.69, 9.17) is 16.6 Å². The van der Waals surface area contributed by atoms with Crippen LogP contribution in [0.25, 0.3) is 10.2 Å². The van der Waals surface area contributed by atoms with E-state index in [1.807, 2.05) is 11.0 Å². The van der Waals surface area contributed by atoms with Gasteiger partial charge in [0.25, 0.3) is 16.4 Å². The van der Waals surface area contributed by atoms with Crippen LogP contribution in [0, 0.1) is 0 Å². The molecule has 2 aromatic heterocycles. The summed E-state index contributed by atoms with van der Waals surface area (Å²) in [5.74, 6) is -1.47. The van der Waals surface area contributed by atoms with Crippen molar-refractivity contribution in [1.29, 1.82) is 0 Å². The van der Waals surface area contributed by atoms with Crippen LogP contribution in [0.15, 0.2) is 32.6 Å². The minimum atomic E-state index is -1.19. The smallest absolute Gasteiger partial charge is 0.372 e. The number of nitrogens with one attached hydrogen (secondary N) is 1. The van der Waals surface area contributed by atoms with E-state index in [1.54, 1.807) is 0 Å². The van der Waals surface area contributed by atoms with Crippen LogP contribution in [-0.4, -0.2) is 27.6 Å². The van der Waals surface area contributed by atoms with Crippen LogP contribution in [0.1, 0.15) is 63.4 Å². The summed E-state index contributed by atoms with van der Waals surface area (Å²) >= 11 is 1.47. The van der Waals surface area contributed by atoms with Gasteiger partial charge >= 0.3 is 5.97 Å². The molecule has 0 saturated heterocycles. The van der Waals surface area contributed by atoms with Crippen molar-refractivity contribution in [3.63, 3.8) is 0 Å². The maximum Gasteiger partial charge on any atom is 0.372 e. The molecule has 206 valence electrons. The first-order valence-corrected chi connectivity index (χ1v) is 13.5. The summed E-state index contributed by atoms with van der Waals surface area (Å²) in [5.41, 5.74) is 15.0. The number of anilines is 2. The molecule has 2 aliphatic rings. The molecule has 2 aromatic carbocycles. The lowest BCUT2D eigenvalue weighted by atomic mass is 9.96. The third-order valence-electron chi connectivity index (χ3n) is 7.28. The fourth-order valence-corrected chi connectivity index (χ4v) is 6.52. The molecule has 0 amide bonds. The van der Waals surface area contributed by atoms with E-state index >= 15 is 0 Å². The molecule has 3 heterocycles. The van der Waals surface area contributed by atoms with Crippen molar-refractivity contribution in [1.82, 2.24) is 9.97 Å². The first-order valence-electron chi connectivity index (χ1n) is 12.7. The Morgan fingerprint density at radius 3 is 2.49 bits per heavy atom.